The minimum absolute atomic E-state index is 0.00468. The molecule has 0 aromatic carbocycles. The highest BCUT2D eigenvalue weighted by molar-refractivity contribution is 5.84. The number of guanidine groups is 1. The SMILES string of the molecule is CC/C=C(\C=N)C1C=CN=C(N)N1. The monoisotopic (exact) mass is 178 g/mol. The first-order valence-corrected chi connectivity index (χ1v) is 4.25. The van der Waals surface area contributed by atoms with Gasteiger partial charge < -0.3 is 16.5 Å². The predicted molar refractivity (Wildman–Crippen MR) is 54.8 cm³/mol. The first kappa shape index (κ1) is 9.51. The summed E-state index contributed by atoms with van der Waals surface area (Å²) >= 11 is 0. The molecule has 13 heavy (non-hydrogen) atoms. The van der Waals surface area contributed by atoms with E-state index in [-0.39, 0.29) is 6.04 Å². The molecule has 4 heteroatoms. The third-order valence-electron chi connectivity index (χ3n) is 1.76. The third kappa shape index (κ3) is 2.43. The van der Waals surface area contributed by atoms with Gasteiger partial charge in [0.15, 0.2) is 5.96 Å². The van der Waals surface area contributed by atoms with Crippen LogP contribution in [0.5, 0.6) is 0 Å². The van der Waals surface area contributed by atoms with Crippen LogP contribution in [0, 0.1) is 5.41 Å². The predicted octanol–water partition coefficient (Wildman–Crippen LogP) is 0.773. The lowest BCUT2D eigenvalue weighted by atomic mass is 10.1. The van der Waals surface area contributed by atoms with Crippen molar-refractivity contribution >= 4 is 12.2 Å². The van der Waals surface area contributed by atoms with Crippen LogP contribution in [0.25, 0.3) is 0 Å². The Bertz CT molecular complexity index is 275. The molecule has 4 N–H and O–H groups in total. The van der Waals surface area contributed by atoms with Crippen molar-refractivity contribution in [2.75, 3.05) is 0 Å². The summed E-state index contributed by atoms with van der Waals surface area (Å²) in [7, 11) is 0. The highest BCUT2D eigenvalue weighted by atomic mass is 15.1. The molecule has 4 nitrogen and oxygen atoms in total. The average molecular weight is 178 g/mol. The second kappa shape index (κ2) is 4.45. The minimum atomic E-state index is -0.00468. The maximum Gasteiger partial charge on any atom is 0.193 e. The van der Waals surface area contributed by atoms with Gasteiger partial charge in [-0.25, -0.2) is 4.99 Å². The van der Waals surface area contributed by atoms with E-state index in [2.05, 4.69) is 10.3 Å². The Morgan fingerprint density at radius 3 is 3.15 bits per heavy atom. The number of hydrogen-bond acceptors (Lipinski definition) is 4. The molecular formula is C9H14N4. The summed E-state index contributed by atoms with van der Waals surface area (Å²) < 4.78 is 0. The van der Waals surface area contributed by atoms with Gasteiger partial charge in [-0.15, -0.1) is 0 Å². The van der Waals surface area contributed by atoms with Gasteiger partial charge in [0.1, 0.15) is 0 Å². The van der Waals surface area contributed by atoms with Crippen molar-refractivity contribution in [3.8, 4) is 0 Å². The number of aliphatic imine (C=N–C) groups is 1. The molecule has 0 radical (unpaired) electrons. The highest BCUT2D eigenvalue weighted by Crippen LogP contribution is 2.05. The molecule has 1 aliphatic heterocycles. The Morgan fingerprint density at radius 1 is 1.85 bits per heavy atom. The maximum atomic E-state index is 7.22. The summed E-state index contributed by atoms with van der Waals surface area (Å²) in [5.41, 5.74) is 6.41. The van der Waals surface area contributed by atoms with Gasteiger partial charge in [-0.3, -0.25) is 0 Å². The molecule has 0 saturated heterocycles. The van der Waals surface area contributed by atoms with Crippen LogP contribution < -0.4 is 11.1 Å². The average Bonchev–Trinajstić information content (AvgIpc) is 2.14. The fraction of sp³-hybridized carbons (Fsp3) is 0.333. The summed E-state index contributed by atoms with van der Waals surface area (Å²) in [5, 5.41) is 10.2. The van der Waals surface area contributed by atoms with Gasteiger partial charge in [-0.05, 0) is 18.1 Å². The summed E-state index contributed by atoms with van der Waals surface area (Å²) in [5.74, 6) is 0.399. The topological polar surface area (TPSA) is 74.3 Å². The molecule has 0 fully saturated rings. The Kier molecular flexibility index (Phi) is 3.25. The molecule has 0 aromatic heterocycles. The Labute approximate surface area is 77.7 Å². The molecule has 70 valence electrons. The summed E-state index contributed by atoms with van der Waals surface area (Å²) in [6, 6.07) is -0.00468. The second-order valence-corrected chi connectivity index (χ2v) is 2.73. The lowest BCUT2D eigenvalue weighted by Gasteiger charge is -2.18. The summed E-state index contributed by atoms with van der Waals surface area (Å²) in [6.07, 6.45) is 7.78. The van der Waals surface area contributed by atoms with Crippen molar-refractivity contribution in [3.05, 3.63) is 23.9 Å². The third-order valence-corrected chi connectivity index (χ3v) is 1.76. The van der Waals surface area contributed by atoms with E-state index in [1.165, 1.54) is 6.21 Å². The smallest absolute Gasteiger partial charge is 0.193 e. The molecule has 0 aliphatic carbocycles. The number of hydrogen-bond donors (Lipinski definition) is 3. The van der Waals surface area contributed by atoms with Crippen LogP contribution in [0.1, 0.15) is 13.3 Å². The first-order chi connectivity index (χ1) is 6.27. The molecule has 1 heterocycles. The van der Waals surface area contributed by atoms with Crippen LogP contribution in [0.4, 0.5) is 0 Å². The van der Waals surface area contributed by atoms with Crippen molar-refractivity contribution in [2.45, 2.75) is 19.4 Å². The van der Waals surface area contributed by atoms with E-state index >= 15 is 0 Å². The van der Waals surface area contributed by atoms with E-state index in [1.54, 1.807) is 6.20 Å². The molecule has 0 amide bonds. The van der Waals surface area contributed by atoms with Gasteiger partial charge in [-0.2, -0.15) is 0 Å². The molecular weight excluding hydrogens is 164 g/mol. The van der Waals surface area contributed by atoms with Gasteiger partial charge in [0.2, 0.25) is 0 Å². The van der Waals surface area contributed by atoms with E-state index in [1.807, 2.05) is 19.1 Å². The zero-order valence-corrected chi connectivity index (χ0v) is 7.62. The van der Waals surface area contributed by atoms with Crippen molar-refractivity contribution in [2.24, 2.45) is 10.7 Å². The van der Waals surface area contributed by atoms with Crippen molar-refractivity contribution in [1.29, 1.82) is 5.41 Å². The minimum Gasteiger partial charge on any atom is -0.370 e. The highest BCUT2D eigenvalue weighted by Gasteiger charge is 2.11. The van der Waals surface area contributed by atoms with Gasteiger partial charge in [0.05, 0.1) is 6.04 Å². The van der Waals surface area contributed by atoms with Crippen LogP contribution in [-0.2, 0) is 0 Å². The Balaban J connectivity index is 2.73. The van der Waals surface area contributed by atoms with Crippen LogP contribution in [0.15, 0.2) is 28.9 Å². The van der Waals surface area contributed by atoms with E-state index in [9.17, 15) is 0 Å². The van der Waals surface area contributed by atoms with Gasteiger partial charge >= 0.3 is 0 Å². The normalized spacial score (nSPS) is 22.1. The van der Waals surface area contributed by atoms with Crippen molar-refractivity contribution in [3.63, 3.8) is 0 Å². The standard InChI is InChI=1S/C9H14N4/c1-2-3-7(6-10)8-4-5-12-9(11)13-8/h3-6,8,10H,2H2,1H3,(H3,11,12,13)/b7-3+,10-6?. The molecule has 0 spiro atoms. The van der Waals surface area contributed by atoms with Crippen LogP contribution in [0.2, 0.25) is 0 Å². The molecule has 0 saturated carbocycles. The Hall–Kier alpha value is -1.58. The van der Waals surface area contributed by atoms with Crippen LogP contribution in [0.3, 0.4) is 0 Å². The molecule has 0 bridgehead atoms. The molecule has 1 rings (SSSR count). The zero-order valence-electron chi connectivity index (χ0n) is 7.62. The lowest BCUT2D eigenvalue weighted by Crippen LogP contribution is -2.41. The molecule has 1 atom stereocenters. The van der Waals surface area contributed by atoms with Crippen molar-refractivity contribution in [1.82, 2.24) is 5.32 Å². The number of nitrogens with zero attached hydrogens (tertiary/aromatic N) is 1. The van der Waals surface area contributed by atoms with Gasteiger partial charge in [-0.1, -0.05) is 13.0 Å². The van der Waals surface area contributed by atoms with Gasteiger partial charge in [0.25, 0.3) is 0 Å². The van der Waals surface area contributed by atoms with Gasteiger partial charge in [0, 0.05) is 12.4 Å². The summed E-state index contributed by atoms with van der Waals surface area (Å²) in [6.45, 7) is 2.04. The van der Waals surface area contributed by atoms with Crippen molar-refractivity contribution < 1.29 is 0 Å². The quantitative estimate of drug-likeness (QED) is 0.558. The first-order valence-electron chi connectivity index (χ1n) is 4.25. The molecule has 1 aliphatic rings. The van der Waals surface area contributed by atoms with Crippen LogP contribution >= 0.6 is 0 Å². The fourth-order valence-corrected chi connectivity index (χ4v) is 1.16. The second-order valence-electron chi connectivity index (χ2n) is 2.73. The summed E-state index contributed by atoms with van der Waals surface area (Å²) in [4.78, 5) is 3.86. The molecule has 1 unspecified atom stereocenters. The molecule has 0 aromatic rings. The van der Waals surface area contributed by atoms with Crippen LogP contribution in [-0.4, -0.2) is 18.2 Å². The number of allylic oxidation sites excluding steroid dienone is 1. The van der Waals surface area contributed by atoms with E-state index in [0.717, 1.165) is 12.0 Å². The fourth-order valence-electron chi connectivity index (χ4n) is 1.16. The zero-order chi connectivity index (χ0) is 9.68. The number of rotatable bonds is 3. The lowest BCUT2D eigenvalue weighted by molar-refractivity contribution is 0.829. The largest absolute Gasteiger partial charge is 0.370 e. The number of nitrogens with one attached hydrogen (secondary N) is 2. The number of nitrogens with two attached hydrogens (primary N) is 1. The Morgan fingerprint density at radius 2 is 2.62 bits per heavy atom. The van der Waals surface area contributed by atoms with E-state index < -0.39 is 0 Å². The van der Waals surface area contributed by atoms with E-state index in [0.29, 0.717) is 5.96 Å². The maximum absolute atomic E-state index is 7.22. The van der Waals surface area contributed by atoms with E-state index in [4.69, 9.17) is 11.1 Å².